The number of halogens is 2. The van der Waals surface area contributed by atoms with Gasteiger partial charge in [0.1, 0.15) is 10.7 Å². The summed E-state index contributed by atoms with van der Waals surface area (Å²) in [5.41, 5.74) is 0. The van der Waals surface area contributed by atoms with Crippen LogP contribution in [0.3, 0.4) is 0 Å². The fraction of sp³-hybridized carbons (Fsp3) is 0.250. The first-order chi connectivity index (χ1) is 9.34. The summed E-state index contributed by atoms with van der Waals surface area (Å²) in [5.74, 6) is -3.05. The van der Waals surface area contributed by atoms with E-state index in [0.29, 0.717) is 0 Å². The van der Waals surface area contributed by atoms with Crippen molar-refractivity contribution in [2.75, 3.05) is 13.1 Å². The number of hydrogen-bond donors (Lipinski definition) is 1. The van der Waals surface area contributed by atoms with E-state index in [-0.39, 0.29) is 18.1 Å². The van der Waals surface area contributed by atoms with Crippen molar-refractivity contribution in [3.8, 4) is 0 Å². The van der Waals surface area contributed by atoms with E-state index in [1.807, 2.05) is 0 Å². The molecule has 0 aromatic heterocycles. The average molecular weight is 320 g/mol. The molecule has 8 heteroatoms. The Morgan fingerprint density at radius 1 is 1.45 bits per heavy atom. The zero-order valence-electron chi connectivity index (χ0n) is 10.2. The Morgan fingerprint density at radius 2 is 2.15 bits per heavy atom. The largest absolute Gasteiger partial charge is 0.481 e. The number of benzene rings is 1. The quantitative estimate of drug-likeness (QED) is 0.861. The molecule has 1 aliphatic heterocycles. The predicted octanol–water partition coefficient (Wildman–Crippen LogP) is 1.74. The van der Waals surface area contributed by atoms with Crippen molar-refractivity contribution in [1.82, 2.24) is 4.31 Å². The minimum absolute atomic E-state index is 0.0171. The van der Waals surface area contributed by atoms with Gasteiger partial charge in [-0.2, -0.15) is 4.31 Å². The molecule has 1 aromatic rings. The molecular weight excluding hydrogens is 309 g/mol. The van der Waals surface area contributed by atoms with Gasteiger partial charge in [-0.25, -0.2) is 12.8 Å². The van der Waals surface area contributed by atoms with E-state index in [0.717, 1.165) is 10.4 Å². The molecule has 0 aliphatic carbocycles. The van der Waals surface area contributed by atoms with Crippen LogP contribution < -0.4 is 0 Å². The summed E-state index contributed by atoms with van der Waals surface area (Å²) in [6.45, 7) is -0.268. The molecule has 1 atom stereocenters. The van der Waals surface area contributed by atoms with Crippen molar-refractivity contribution in [2.24, 2.45) is 5.92 Å². The minimum Gasteiger partial charge on any atom is -0.481 e. The number of rotatable bonds is 3. The van der Waals surface area contributed by atoms with Crippen LogP contribution in [0.25, 0.3) is 0 Å². The Labute approximate surface area is 120 Å². The number of sulfonamides is 1. The number of hydrogen-bond acceptors (Lipinski definition) is 3. The molecule has 0 radical (unpaired) electrons. The first-order valence-corrected chi connectivity index (χ1v) is 7.49. The molecule has 0 amide bonds. The second kappa shape index (κ2) is 5.51. The fourth-order valence-electron chi connectivity index (χ4n) is 1.91. The summed E-state index contributed by atoms with van der Waals surface area (Å²) in [7, 11) is -4.18. The van der Waals surface area contributed by atoms with Crippen molar-refractivity contribution in [1.29, 1.82) is 0 Å². The maximum Gasteiger partial charge on any atom is 0.311 e. The minimum atomic E-state index is -4.18. The van der Waals surface area contributed by atoms with E-state index in [1.54, 1.807) is 0 Å². The van der Waals surface area contributed by atoms with Gasteiger partial charge in [0.25, 0.3) is 0 Å². The van der Waals surface area contributed by atoms with Gasteiger partial charge in [0.05, 0.1) is 10.9 Å². The normalized spacial score (nSPS) is 20.0. The summed E-state index contributed by atoms with van der Waals surface area (Å²) >= 11 is 5.75. The fourth-order valence-corrected chi connectivity index (χ4v) is 3.89. The van der Waals surface area contributed by atoms with Gasteiger partial charge < -0.3 is 5.11 Å². The lowest BCUT2D eigenvalue weighted by molar-refractivity contribution is -0.140. The van der Waals surface area contributed by atoms with Crippen LogP contribution in [0, 0.1) is 11.7 Å². The maximum absolute atomic E-state index is 13.7. The van der Waals surface area contributed by atoms with Crippen LogP contribution in [0.5, 0.6) is 0 Å². The molecule has 1 aliphatic rings. The third-order valence-electron chi connectivity index (χ3n) is 2.91. The Balaban J connectivity index is 2.42. The van der Waals surface area contributed by atoms with Gasteiger partial charge in [-0.15, -0.1) is 0 Å². The molecule has 0 spiro atoms. The van der Waals surface area contributed by atoms with Crippen LogP contribution in [0.1, 0.15) is 0 Å². The smallest absolute Gasteiger partial charge is 0.311 e. The van der Waals surface area contributed by atoms with E-state index in [9.17, 15) is 17.6 Å². The summed E-state index contributed by atoms with van der Waals surface area (Å²) in [5, 5.41) is 8.70. The van der Waals surface area contributed by atoms with Crippen molar-refractivity contribution in [3.05, 3.63) is 41.2 Å². The summed E-state index contributed by atoms with van der Waals surface area (Å²) < 4.78 is 39.4. The van der Waals surface area contributed by atoms with E-state index in [2.05, 4.69) is 0 Å². The van der Waals surface area contributed by atoms with Gasteiger partial charge in [0.15, 0.2) is 0 Å². The van der Waals surface area contributed by atoms with Crippen LogP contribution in [0.2, 0.25) is 5.02 Å². The first kappa shape index (κ1) is 15.0. The lowest BCUT2D eigenvalue weighted by Crippen LogP contribution is -2.40. The Bertz CT molecular complexity index is 654. The number of carbonyl (C=O) groups is 1. The summed E-state index contributed by atoms with van der Waals surface area (Å²) in [6, 6.07) is 3.56. The zero-order valence-corrected chi connectivity index (χ0v) is 11.7. The van der Waals surface area contributed by atoms with Crippen molar-refractivity contribution < 1.29 is 22.7 Å². The van der Waals surface area contributed by atoms with Gasteiger partial charge in [0, 0.05) is 13.1 Å². The standard InChI is InChI=1S/C12H11ClFNO4S/c13-9-4-1-5-10(14)11(9)20(18,19)15-6-2-3-8(7-15)12(16)17/h1-5,8H,6-7H2,(H,16,17). The third-order valence-corrected chi connectivity index (χ3v) is 5.25. The van der Waals surface area contributed by atoms with Gasteiger partial charge in [-0.05, 0) is 12.1 Å². The lowest BCUT2D eigenvalue weighted by atomic mass is 10.1. The zero-order chi connectivity index (χ0) is 14.9. The van der Waals surface area contributed by atoms with Gasteiger partial charge >= 0.3 is 5.97 Å². The molecular formula is C12H11ClFNO4S. The second-order valence-electron chi connectivity index (χ2n) is 4.25. The van der Waals surface area contributed by atoms with Gasteiger partial charge in [-0.3, -0.25) is 4.79 Å². The Kier molecular flexibility index (Phi) is 4.12. The highest BCUT2D eigenvalue weighted by molar-refractivity contribution is 7.89. The monoisotopic (exact) mass is 319 g/mol. The highest BCUT2D eigenvalue weighted by Crippen LogP contribution is 2.28. The molecule has 1 aromatic carbocycles. The van der Waals surface area contributed by atoms with Crippen LogP contribution in [0.15, 0.2) is 35.2 Å². The molecule has 1 N–H and O–H groups in total. The first-order valence-electron chi connectivity index (χ1n) is 5.67. The van der Waals surface area contributed by atoms with Crippen LogP contribution in [-0.4, -0.2) is 36.9 Å². The van der Waals surface area contributed by atoms with E-state index in [1.165, 1.54) is 24.3 Å². The van der Waals surface area contributed by atoms with Crippen molar-refractivity contribution >= 4 is 27.6 Å². The van der Waals surface area contributed by atoms with E-state index >= 15 is 0 Å². The molecule has 1 unspecified atom stereocenters. The second-order valence-corrected chi connectivity index (χ2v) is 6.53. The maximum atomic E-state index is 13.7. The highest BCUT2D eigenvalue weighted by Gasteiger charge is 2.33. The number of carboxylic acid groups (broad SMARTS) is 1. The highest BCUT2D eigenvalue weighted by atomic mass is 35.5. The molecule has 0 saturated carbocycles. The summed E-state index contributed by atoms with van der Waals surface area (Å²) in [6.07, 6.45) is 2.84. The Morgan fingerprint density at radius 3 is 2.75 bits per heavy atom. The summed E-state index contributed by atoms with van der Waals surface area (Å²) in [4.78, 5) is 10.3. The molecule has 108 valence electrons. The van der Waals surface area contributed by atoms with Crippen molar-refractivity contribution in [3.63, 3.8) is 0 Å². The number of nitrogens with zero attached hydrogens (tertiary/aromatic N) is 1. The van der Waals surface area contributed by atoms with Crippen LogP contribution >= 0.6 is 11.6 Å². The molecule has 0 bridgehead atoms. The average Bonchev–Trinajstić information content (AvgIpc) is 2.38. The number of carboxylic acids is 1. The molecule has 20 heavy (non-hydrogen) atoms. The van der Waals surface area contributed by atoms with Crippen LogP contribution in [-0.2, 0) is 14.8 Å². The van der Waals surface area contributed by atoms with Crippen molar-refractivity contribution in [2.45, 2.75) is 4.90 Å². The SMILES string of the molecule is O=C(O)C1C=CCN(S(=O)(=O)c2c(F)cccc2Cl)C1. The Hall–Kier alpha value is -1.44. The van der Waals surface area contributed by atoms with Gasteiger partial charge in [0.2, 0.25) is 10.0 Å². The van der Waals surface area contributed by atoms with Gasteiger partial charge in [-0.1, -0.05) is 29.8 Å². The van der Waals surface area contributed by atoms with Crippen LogP contribution in [0.4, 0.5) is 4.39 Å². The predicted molar refractivity (Wildman–Crippen MR) is 70.4 cm³/mol. The third kappa shape index (κ3) is 2.70. The molecule has 0 fully saturated rings. The molecule has 5 nitrogen and oxygen atoms in total. The van der Waals surface area contributed by atoms with E-state index < -0.39 is 32.6 Å². The number of aliphatic carboxylic acids is 1. The molecule has 1 heterocycles. The lowest BCUT2D eigenvalue weighted by Gasteiger charge is -2.26. The molecule has 0 saturated heterocycles. The molecule has 2 rings (SSSR count). The van der Waals surface area contributed by atoms with E-state index in [4.69, 9.17) is 16.7 Å². The topological polar surface area (TPSA) is 74.7 Å².